The number of pyridine rings is 1. The minimum Gasteiger partial charge on any atom is -0.306 e. The van der Waals surface area contributed by atoms with Gasteiger partial charge in [0.25, 0.3) is 0 Å². The molecule has 0 aliphatic heterocycles. The molecule has 2 aromatic rings. The lowest BCUT2D eigenvalue weighted by molar-refractivity contribution is 0.628. The number of hydrogen-bond acceptors (Lipinski definition) is 2. The Morgan fingerprint density at radius 2 is 1.74 bits per heavy atom. The van der Waals surface area contributed by atoms with Crippen LogP contribution in [0.15, 0.2) is 36.7 Å². The Kier molecular flexibility index (Phi) is 4.81. The molecule has 1 unspecified atom stereocenters. The van der Waals surface area contributed by atoms with Crippen LogP contribution in [0.1, 0.15) is 29.7 Å². The minimum absolute atomic E-state index is 0.0496. The second-order valence-corrected chi connectivity index (χ2v) is 5.36. The van der Waals surface area contributed by atoms with E-state index in [0.29, 0.717) is 10.0 Å². The smallest absolute Gasteiger partial charge is 0.0593 e. The van der Waals surface area contributed by atoms with Gasteiger partial charge in [-0.1, -0.05) is 36.2 Å². The van der Waals surface area contributed by atoms with Crippen molar-refractivity contribution in [1.29, 1.82) is 0 Å². The largest absolute Gasteiger partial charge is 0.306 e. The van der Waals surface area contributed by atoms with Gasteiger partial charge in [-0.15, -0.1) is 0 Å². The summed E-state index contributed by atoms with van der Waals surface area (Å²) in [4.78, 5) is 4.25. The van der Waals surface area contributed by atoms with E-state index < -0.39 is 0 Å². The first kappa shape index (κ1) is 14.3. The van der Waals surface area contributed by atoms with E-state index in [4.69, 9.17) is 23.2 Å². The number of benzene rings is 1. The van der Waals surface area contributed by atoms with Gasteiger partial charge < -0.3 is 5.32 Å². The summed E-state index contributed by atoms with van der Waals surface area (Å²) in [5.74, 6) is 0. The van der Waals surface area contributed by atoms with E-state index in [9.17, 15) is 0 Å². The maximum Gasteiger partial charge on any atom is 0.0593 e. The molecule has 4 heteroatoms. The van der Waals surface area contributed by atoms with E-state index in [1.807, 2.05) is 31.5 Å². The molecule has 1 heterocycles. The molecule has 2 nitrogen and oxygen atoms in total. The SMILES string of the molecule is CCNC(c1cncc(C)c1)c1cc(Cl)cc(Cl)c1. The number of aromatic nitrogens is 1. The summed E-state index contributed by atoms with van der Waals surface area (Å²) >= 11 is 12.2. The Bertz CT molecular complexity index is 550. The van der Waals surface area contributed by atoms with Crippen molar-refractivity contribution in [2.45, 2.75) is 19.9 Å². The van der Waals surface area contributed by atoms with E-state index >= 15 is 0 Å². The van der Waals surface area contributed by atoms with Gasteiger partial charge in [0.1, 0.15) is 0 Å². The van der Waals surface area contributed by atoms with Crippen LogP contribution in [0.4, 0.5) is 0 Å². The third kappa shape index (κ3) is 3.69. The van der Waals surface area contributed by atoms with Gasteiger partial charge in [-0.3, -0.25) is 4.98 Å². The van der Waals surface area contributed by atoms with Crippen molar-refractivity contribution in [3.63, 3.8) is 0 Å². The lowest BCUT2D eigenvalue weighted by atomic mass is 9.99. The van der Waals surface area contributed by atoms with Crippen molar-refractivity contribution in [3.8, 4) is 0 Å². The molecule has 1 N–H and O–H groups in total. The number of rotatable bonds is 4. The topological polar surface area (TPSA) is 24.9 Å². The second-order valence-electron chi connectivity index (χ2n) is 4.49. The molecule has 0 saturated carbocycles. The molecule has 1 aromatic heterocycles. The Hall–Kier alpha value is -1.09. The molecule has 0 saturated heterocycles. The Labute approximate surface area is 123 Å². The molecular formula is C15H16Cl2N2. The highest BCUT2D eigenvalue weighted by Gasteiger charge is 2.14. The molecule has 19 heavy (non-hydrogen) atoms. The summed E-state index contributed by atoms with van der Waals surface area (Å²) in [5, 5.41) is 4.73. The fraction of sp³-hybridized carbons (Fsp3) is 0.267. The number of hydrogen-bond donors (Lipinski definition) is 1. The maximum absolute atomic E-state index is 6.09. The lowest BCUT2D eigenvalue weighted by Crippen LogP contribution is -2.22. The van der Waals surface area contributed by atoms with Gasteiger partial charge >= 0.3 is 0 Å². The van der Waals surface area contributed by atoms with E-state index in [1.54, 1.807) is 6.07 Å². The second kappa shape index (κ2) is 6.38. The zero-order chi connectivity index (χ0) is 13.8. The molecule has 0 aliphatic carbocycles. The summed E-state index contributed by atoms with van der Waals surface area (Å²) in [6.07, 6.45) is 3.71. The molecular weight excluding hydrogens is 279 g/mol. The van der Waals surface area contributed by atoms with Crippen molar-refractivity contribution >= 4 is 23.2 Å². The minimum atomic E-state index is 0.0496. The quantitative estimate of drug-likeness (QED) is 0.904. The van der Waals surface area contributed by atoms with Crippen molar-refractivity contribution in [1.82, 2.24) is 10.3 Å². The van der Waals surface area contributed by atoms with E-state index in [1.165, 1.54) is 0 Å². The van der Waals surface area contributed by atoms with Crippen LogP contribution >= 0.6 is 23.2 Å². The van der Waals surface area contributed by atoms with Crippen LogP contribution in [0.5, 0.6) is 0 Å². The van der Waals surface area contributed by atoms with Gasteiger partial charge in [-0.25, -0.2) is 0 Å². The number of nitrogens with one attached hydrogen (secondary N) is 1. The Morgan fingerprint density at radius 3 is 2.32 bits per heavy atom. The molecule has 0 aliphatic rings. The normalized spacial score (nSPS) is 12.4. The molecule has 2 rings (SSSR count). The molecule has 0 bridgehead atoms. The van der Waals surface area contributed by atoms with Crippen LogP contribution in [0, 0.1) is 6.92 Å². The van der Waals surface area contributed by atoms with Gasteiger partial charge in [0.05, 0.1) is 6.04 Å². The summed E-state index contributed by atoms with van der Waals surface area (Å²) in [5.41, 5.74) is 3.29. The van der Waals surface area contributed by atoms with E-state index in [2.05, 4.69) is 23.3 Å². The molecule has 0 amide bonds. The number of nitrogens with zero attached hydrogens (tertiary/aromatic N) is 1. The third-order valence-corrected chi connectivity index (χ3v) is 3.29. The standard InChI is InChI=1S/C15H16Cl2N2/c1-3-19-15(12-4-10(2)8-18-9-12)11-5-13(16)7-14(17)6-11/h4-9,15,19H,3H2,1-2H3. The third-order valence-electron chi connectivity index (χ3n) is 2.86. The first-order valence-electron chi connectivity index (χ1n) is 6.21. The van der Waals surface area contributed by atoms with Crippen LogP contribution in [0.3, 0.4) is 0 Å². The van der Waals surface area contributed by atoms with E-state index in [0.717, 1.165) is 23.2 Å². The summed E-state index contributed by atoms with van der Waals surface area (Å²) < 4.78 is 0. The van der Waals surface area contributed by atoms with Gasteiger partial charge in [0.2, 0.25) is 0 Å². The first-order valence-corrected chi connectivity index (χ1v) is 6.96. The van der Waals surface area contributed by atoms with Gasteiger partial charge in [0, 0.05) is 22.4 Å². The zero-order valence-electron chi connectivity index (χ0n) is 11.0. The van der Waals surface area contributed by atoms with Crippen molar-refractivity contribution in [3.05, 3.63) is 63.4 Å². The summed E-state index contributed by atoms with van der Waals surface area (Å²) in [7, 11) is 0. The van der Waals surface area contributed by atoms with E-state index in [-0.39, 0.29) is 6.04 Å². The number of halogens is 2. The van der Waals surface area contributed by atoms with Crippen LogP contribution < -0.4 is 5.32 Å². The highest BCUT2D eigenvalue weighted by atomic mass is 35.5. The monoisotopic (exact) mass is 294 g/mol. The van der Waals surface area contributed by atoms with Crippen LogP contribution in [0.25, 0.3) is 0 Å². The Morgan fingerprint density at radius 1 is 1.05 bits per heavy atom. The highest BCUT2D eigenvalue weighted by molar-refractivity contribution is 6.34. The first-order chi connectivity index (χ1) is 9.10. The summed E-state index contributed by atoms with van der Waals surface area (Å²) in [6, 6.07) is 7.78. The van der Waals surface area contributed by atoms with Gasteiger partial charge in [0.15, 0.2) is 0 Å². The molecule has 100 valence electrons. The van der Waals surface area contributed by atoms with Crippen LogP contribution in [0.2, 0.25) is 10.0 Å². The lowest BCUT2D eigenvalue weighted by Gasteiger charge is -2.19. The van der Waals surface area contributed by atoms with Crippen LogP contribution in [-0.4, -0.2) is 11.5 Å². The average molecular weight is 295 g/mol. The fourth-order valence-electron chi connectivity index (χ4n) is 2.11. The summed E-state index contributed by atoms with van der Waals surface area (Å²) in [6.45, 7) is 4.95. The molecule has 0 radical (unpaired) electrons. The van der Waals surface area contributed by atoms with Crippen molar-refractivity contribution in [2.24, 2.45) is 0 Å². The molecule has 1 atom stereocenters. The van der Waals surface area contributed by atoms with Gasteiger partial charge in [-0.05, 0) is 48.4 Å². The molecule has 1 aromatic carbocycles. The fourth-order valence-corrected chi connectivity index (χ4v) is 2.65. The molecule has 0 spiro atoms. The van der Waals surface area contributed by atoms with Crippen molar-refractivity contribution < 1.29 is 0 Å². The number of aryl methyl sites for hydroxylation is 1. The van der Waals surface area contributed by atoms with Gasteiger partial charge in [-0.2, -0.15) is 0 Å². The maximum atomic E-state index is 6.09. The predicted octanol–water partition coefficient (Wildman–Crippen LogP) is 4.40. The molecule has 0 fully saturated rings. The van der Waals surface area contributed by atoms with Crippen LogP contribution in [-0.2, 0) is 0 Å². The average Bonchev–Trinajstić information content (AvgIpc) is 2.34. The predicted molar refractivity (Wildman–Crippen MR) is 81.0 cm³/mol. The highest BCUT2D eigenvalue weighted by Crippen LogP contribution is 2.27. The zero-order valence-corrected chi connectivity index (χ0v) is 12.5. The Balaban J connectivity index is 2.44. The van der Waals surface area contributed by atoms with Crippen molar-refractivity contribution in [2.75, 3.05) is 6.54 Å².